The van der Waals surface area contributed by atoms with Crippen LogP contribution in [0.2, 0.25) is 0 Å². The van der Waals surface area contributed by atoms with Crippen LogP contribution in [0.5, 0.6) is 11.5 Å². The molecule has 1 heterocycles. The van der Waals surface area contributed by atoms with Gasteiger partial charge in [0.2, 0.25) is 5.91 Å². The highest BCUT2D eigenvalue weighted by Crippen LogP contribution is 2.40. The van der Waals surface area contributed by atoms with Crippen LogP contribution in [0, 0.1) is 0 Å². The molecule has 28 heavy (non-hydrogen) atoms. The molecule has 0 fully saturated rings. The molecular weight excluding hydrogens is 396 g/mol. The quantitative estimate of drug-likeness (QED) is 0.706. The van der Waals surface area contributed by atoms with Gasteiger partial charge in [-0.15, -0.1) is 24.2 Å². The third-order valence-corrected chi connectivity index (χ3v) is 5.86. The summed E-state index contributed by atoms with van der Waals surface area (Å²) in [7, 11) is 7.28. The van der Waals surface area contributed by atoms with Gasteiger partial charge in [-0.1, -0.05) is 18.2 Å². The molecule has 1 aliphatic rings. The molecule has 0 spiro atoms. The lowest BCUT2D eigenvalue weighted by Gasteiger charge is -2.27. The molecule has 0 N–H and O–H groups in total. The van der Waals surface area contributed by atoms with Crippen molar-refractivity contribution in [3.8, 4) is 11.5 Å². The van der Waals surface area contributed by atoms with Gasteiger partial charge in [0, 0.05) is 23.7 Å². The zero-order valence-electron chi connectivity index (χ0n) is 16.7. The van der Waals surface area contributed by atoms with Crippen molar-refractivity contribution in [1.29, 1.82) is 0 Å². The number of ether oxygens (including phenoxy) is 2. The molecule has 0 saturated heterocycles. The van der Waals surface area contributed by atoms with Gasteiger partial charge in [0.05, 0.1) is 25.8 Å². The Labute approximate surface area is 177 Å². The van der Waals surface area contributed by atoms with Gasteiger partial charge in [0.15, 0.2) is 11.5 Å². The fourth-order valence-corrected chi connectivity index (χ4v) is 4.37. The lowest BCUT2D eigenvalue weighted by molar-refractivity contribution is -0.119. The summed E-state index contributed by atoms with van der Waals surface area (Å²) in [5, 5.41) is 0. The van der Waals surface area contributed by atoms with E-state index in [4.69, 9.17) is 9.47 Å². The summed E-state index contributed by atoms with van der Waals surface area (Å²) in [5.41, 5.74) is 1.95. The average molecular weight is 423 g/mol. The maximum Gasteiger partial charge on any atom is 0.235 e. The monoisotopic (exact) mass is 422 g/mol. The second-order valence-electron chi connectivity index (χ2n) is 6.74. The first-order chi connectivity index (χ1) is 13.0. The van der Waals surface area contributed by atoms with Crippen molar-refractivity contribution in [3.05, 3.63) is 48.0 Å². The molecule has 1 atom stereocenters. The van der Waals surface area contributed by atoms with E-state index in [1.54, 1.807) is 26.0 Å². The Bertz CT molecular complexity index is 816. The van der Waals surface area contributed by atoms with Crippen molar-refractivity contribution >= 4 is 35.8 Å². The normalized spacial score (nSPS) is 16.2. The van der Waals surface area contributed by atoms with Crippen molar-refractivity contribution in [2.45, 2.75) is 10.8 Å². The molecule has 1 unspecified atom stereocenters. The minimum atomic E-state index is -0.232. The molecular formula is C21H27ClN2O3S. The molecule has 0 aliphatic carbocycles. The molecule has 3 rings (SSSR count). The Balaban J connectivity index is 0.00000280. The molecule has 0 bridgehead atoms. The number of thioether (sulfide) groups is 1. The van der Waals surface area contributed by atoms with E-state index in [1.165, 1.54) is 0 Å². The predicted octanol–water partition coefficient (Wildman–Crippen LogP) is 3.91. The van der Waals surface area contributed by atoms with Crippen LogP contribution < -0.4 is 14.4 Å². The highest BCUT2D eigenvalue weighted by molar-refractivity contribution is 7.99. The number of benzene rings is 2. The van der Waals surface area contributed by atoms with Crippen LogP contribution in [-0.2, 0) is 4.79 Å². The Hall–Kier alpha value is -1.89. The van der Waals surface area contributed by atoms with E-state index < -0.39 is 0 Å². The van der Waals surface area contributed by atoms with E-state index in [0.29, 0.717) is 23.8 Å². The van der Waals surface area contributed by atoms with Crippen molar-refractivity contribution < 1.29 is 14.3 Å². The van der Waals surface area contributed by atoms with E-state index in [2.05, 4.69) is 11.0 Å². The number of hydrogen-bond acceptors (Lipinski definition) is 5. The Morgan fingerprint density at radius 3 is 2.50 bits per heavy atom. The van der Waals surface area contributed by atoms with Gasteiger partial charge in [0.1, 0.15) is 0 Å². The number of nitrogens with zero attached hydrogens (tertiary/aromatic N) is 2. The molecule has 2 aromatic carbocycles. The number of halogens is 1. The molecule has 0 aromatic heterocycles. The minimum Gasteiger partial charge on any atom is -0.493 e. The third-order valence-electron chi connectivity index (χ3n) is 4.71. The lowest BCUT2D eigenvalue weighted by Crippen LogP contribution is -2.39. The zero-order chi connectivity index (χ0) is 19.4. The molecule has 7 heteroatoms. The number of hydrogen-bond donors (Lipinski definition) is 0. The summed E-state index contributed by atoms with van der Waals surface area (Å²) in [4.78, 5) is 18.7. The SMILES string of the molecule is COc1ccc(C2CSc3ccccc3N(CCN(C)C)C2=O)cc1OC.Cl. The third kappa shape index (κ3) is 4.74. The van der Waals surface area contributed by atoms with Gasteiger partial charge in [-0.25, -0.2) is 0 Å². The van der Waals surface area contributed by atoms with Crippen LogP contribution in [0.15, 0.2) is 47.4 Å². The lowest BCUT2D eigenvalue weighted by atomic mass is 9.98. The maximum absolute atomic E-state index is 13.5. The van der Waals surface area contributed by atoms with E-state index >= 15 is 0 Å². The van der Waals surface area contributed by atoms with Crippen LogP contribution in [0.3, 0.4) is 0 Å². The summed E-state index contributed by atoms with van der Waals surface area (Å²) in [6, 6.07) is 13.9. The smallest absolute Gasteiger partial charge is 0.235 e. The van der Waals surface area contributed by atoms with Crippen molar-refractivity contribution in [2.75, 3.05) is 52.1 Å². The first-order valence-corrected chi connectivity index (χ1v) is 9.93. The molecule has 5 nitrogen and oxygen atoms in total. The average Bonchev–Trinajstić information content (AvgIpc) is 2.82. The van der Waals surface area contributed by atoms with Gasteiger partial charge < -0.3 is 19.3 Å². The number of likely N-dealkylation sites (N-methyl/N-ethyl adjacent to an activating group) is 1. The number of methoxy groups -OCH3 is 2. The fourth-order valence-electron chi connectivity index (χ4n) is 3.19. The van der Waals surface area contributed by atoms with Gasteiger partial charge >= 0.3 is 0 Å². The van der Waals surface area contributed by atoms with E-state index in [1.807, 2.05) is 55.4 Å². The second-order valence-corrected chi connectivity index (χ2v) is 7.80. The number of amides is 1. The van der Waals surface area contributed by atoms with E-state index in [-0.39, 0.29) is 24.2 Å². The summed E-state index contributed by atoms with van der Waals surface area (Å²) in [6.07, 6.45) is 0. The number of fused-ring (bicyclic) bond motifs is 1. The standard InChI is InChI=1S/C21H26N2O3S.ClH/c1-22(2)11-12-23-17-7-5-6-8-20(17)27-14-16(21(23)24)15-9-10-18(25-3)19(13-15)26-4;/h5-10,13,16H,11-12,14H2,1-4H3;1H. The zero-order valence-corrected chi connectivity index (χ0v) is 18.3. The molecule has 152 valence electrons. The van der Waals surface area contributed by atoms with Crippen LogP contribution in [0.1, 0.15) is 11.5 Å². The topological polar surface area (TPSA) is 42.0 Å². The Morgan fingerprint density at radius 1 is 1.11 bits per heavy atom. The van der Waals surface area contributed by atoms with Crippen LogP contribution in [-0.4, -0.2) is 58.0 Å². The second kappa shape index (κ2) is 10.0. The molecule has 0 saturated carbocycles. The number of rotatable bonds is 6. The number of anilines is 1. The van der Waals surface area contributed by atoms with E-state index in [0.717, 1.165) is 22.7 Å². The number of carbonyl (C=O) groups excluding carboxylic acids is 1. The van der Waals surface area contributed by atoms with Crippen molar-refractivity contribution in [1.82, 2.24) is 4.90 Å². The largest absolute Gasteiger partial charge is 0.493 e. The first-order valence-electron chi connectivity index (χ1n) is 8.95. The molecule has 1 amide bonds. The highest BCUT2D eigenvalue weighted by Gasteiger charge is 2.32. The summed E-state index contributed by atoms with van der Waals surface area (Å²) in [6.45, 7) is 1.47. The molecule has 1 aliphatic heterocycles. The number of carbonyl (C=O) groups is 1. The van der Waals surface area contributed by atoms with E-state index in [9.17, 15) is 4.79 Å². The van der Waals surface area contributed by atoms with Crippen LogP contribution in [0.25, 0.3) is 0 Å². The first kappa shape index (κ1) is 22.4. The number of para-hydroxylation sites is 1. The summed E-state index contributed by atoms with van der Waals surface area (Å²) >= 11 is 1.73. The summed E-state index contributed by atoms with van der Waals surface area (Å²) in [5.74, 6) is 1.91. The van der Waals surface area contributed by atoms with Gasteiger partial charge in [-0.2, -0.15) is 0 Å². The Kier molecular flexibility index (Phi) is 8.04. The van der Waals surface area contributed by atoms with Crippen LogP contribution >= 0.6 is 24.2 Å². The maximum atomic E-state index is 13.5. The highest BCUT2D eigenvalue weighted by atomic mass is 35.5. The molecule has 0 radical (unpaired) electrons. The van der Waals surface area contributed by atoms with Crippen LogP contribution in [0.4, 0.5) is 5.69 Å². The Morgan fingerprint density at radius 2 is 1.82 bits per heavy atom. The molecule has 2 aromatic rings. The summed E-state index contributed by atoms with van der Waals surface area (Å²) < 4.78 is 10.8. The predicted molar refractivity (Wildman–Crippen MR) is 118 cm³/mol. The van der Waals surface area contributed by atoms with Gasteiger partial charge in [-0.3, -0.25) is 4.79 Å². The fraction of sp³-hybridized carbons (Fsp3) is 0.381. The van der Waals surface area contributed by atoms with Gasteiger partial charge in [-0.05, 0) is 43.9 Å². The van der Waals surface area contributed by atoms with Crippen molar-refractivity contribution in [3.63, 3.8) is 0 Å². The minimum absolute atomic E-state index is 0. The van der Waals surface area contributed by atoms with Gasteiger partial charge in [0.25, 0.3) is 0 Å². The van der Waals surface area contributed by atoms with Crippen molar-refractivity contribution in [2.24, 2.45) is 0 Å².